The van der Waals surface area contributed by atoms with Gasteiger partial charge >= 0.3 is 12.1 Å². The number of anilines is 1. The first-order valence-corrected chi connectivity index (χ1v) is 7.61. The molecule has 0 aliphatic heterocycles. The molecule has 1 aromatic rings. The summed E-state index contributed by atoms with van der Waals surface area (Å²) in [4.78, 5) is 10.7. The second-order valence-electron chi connectivity index (χ2n) is 4.37. The molecule has 0 fully saturated rings. The summed E-state index contributed by atoms with van der Waals surface area (Å²) in [6.07, 6.45) is -6.54. The Morgan fingerprint density at radius 3 is 2.43 bits per heavy atom. The monoisotopic (exact) mass is 325 g/mol. The van der Waals surface area contributed by atoms with Crippen LogP contribution in [0.1, 0.15) is 18.4 Å². The van der Waals surface area contributed by atoms with Crippen LogP contribution in [0.5, 0.6) is 0 Å². The molecule has 0 unspecified atom stereocenters. The Morgan fingerprint density at radius 2 is 1.86 bits per heavy atom. The predicted octanol–water partition coefficient (Wildman–Crippen LogP) is 2.40. The van der Waals surface area contributed by atoms with Crippen LogP contribution in [-0.2, 0) is 21.2 Å². The highest BCUT2D eigenvalue weighted by molar-refractivity contribution is 7.92. The number of carbonyl (C=O) groups is 1. The summed E-state index contributed by atoms with van der Waals surface area (Å²) >= 11 is 0. The fraction of sp³-hybridized carbons (Fsp3) is 0.417. The number of alkyl halides is 3. The van der Waals surface area contributed by atoms with Gasteiger partial charge in [0.25, 0.3) is 0 Å². The van der Waals surface area contributed by atoms with E-state index in [2.05, 4.69) is 4.72 Å². The van der Waals surface area contributed by atoms with Crippen molar-refractivity contribution in [2.45, 2.75) is 25.4 Å². The van der Waals surface area contributed by atoms with E-state index in [-0.39, 0.29) is 17.7 Å². The average Bonchev–Trinajstić information content (AvgIpc) is 2.28. The summed E-state index contributed by atoms with van der Waals surface area (Å²) in [7, 11) is -3.96. The van der Waals surface area contributed by atoms with Gasteiger partial charge < -0.3 is 5.11 Å². The summed E-state index contributed by atoms with van der Waals surface area (Å²) < 4.78 is 61.5. The van der Waals surface area contributed by atoms with E-state index >= 15 is 0 Å². The van der Waals surface area contributed by atoms with E-state index in [1.165, 1.54) is 18.2 Å². The van der Waals surface area contributed by atoms with Gasteiger partial charge in [0.1, 0.15) is 0 Å². The molecule has 0 saturated carbocycles. The Balaban J connectivity index is 2.73. The molecule has 5 nitrogen and oxygen atoms in total. The van der Waals surface area contributed by atoms with Gasteiger partial charge in [-0.05, 0) is 18.1 Å². The van der Waals surface area contributed by atoms with Crippen molar-refractivity contribution in [3.05, 3.63) is 29.8 Å². The number of carboxylic acids is 1. The smallest absolute Gasteiger partial charge is 0.389 e. The molecular formula is C12H14F3NO4S. The molecule has 0 spiro atoms. The van der Waals surface area contributed by atoms with Crippen molar-refractivity contribution in [3.63, 3.8) is 0 Å². The molecule has 21 heavy (non-hydrogen) atoms. The highest BCUT2D eigenvalue weighted by atomic mass is 32.2. The van der Waals surface area contributed by atoms with Crippen LogP contribution in [-0.4, -0.2) is 31.4 Å². The Bertz CT molecular complexity index is 599. The highest BCUT2D eigenvalue weighted by Gasteiger charge is 2.27. The molecule has 2 N–H and O–H groups in total. The summed E-state index contributed by atoms with van der Waals surface area (Å²) in [6, 6.07) is 5.83. The fourth-order valence-corrected chi connectivity index (χ4v) is 2.78. The van der Waals surface area contributed by atoms with Crippen LogP contribution in [0.4, 0.5) is 18.9 Å². The summed E-state index contributed by atoms with van der Waals surface area (Å²) in [5, 5.41) is 8.72. The third kappa shape index (κ3) is 6.98. The largest absolute Gasteiger partial charge is 0.481 e. The number of hydrogen-bond acceptors (Lipinski definition) is 3. The van der Waals surface area contributed by atoms with Crippen LogP contribution in [0.25, 0.3) is 0 Å². The predicted molar refractivity (Wildman–Crippen MR) is 70.5 cm³/mol. The van der Waals surface area contributed by atoms with Crippen LogP contribution in [0, 0.1) is 0 Å². The molecule has 1 rings (SSSR count). The maximum absolute atomic E-state index is 12.0. The molecule has 0 aliphatic carbocycles. The molecule has 0 bridgehead atoms. The van der Waals surface area contributed by atoms with E-state index in [4.69, 9.17) is 5.11 Å². The Morgan fingerprint density at radius 1 is 1.24 bits per heavy atom. The van der Waals surface area contributed by atoms with E-state index in [0.717, 1.165) is 0 Å². The molecule has 0 radical (unpaired) electrons. The van der Waals surface area contributed by atoms with Gasteiger partial charge in [-0.1, -0.05) is 18.2 Å². The van der Waals surface area contributed by atoms with E-state index < -0.39 is 40.8 Å². The Labute approximate surface area is 119 Å². The first kappa shape index (κ1) is 17.3. The number of para-hydroxylation sites is 1. The molecule has 1 aromatic carbocycles. The summed E-state index contributed by atoms with van der Waals surface area (Å²) in [5.41, 5.74) is 0.302. The second kappa shape index (κ2) is 6.79. The van der Waals surface area contributed by atoms with Crippen molar-refractivity contribution in [1.82, 2.24) is 0 Å². The fourth-order valence-electron chi connectivity index (χ4n) is 1.62. The second-order valence-corrected chi connectivity index (χ2v) is 6.21. The molecule has 0 heterocycles. The van der Waals surface area contributed by atoms with Gasteiger partial charge in [0.2, 0.25) is 10.0 Å². The van der Waals surface area contributed by atoms with Gasteiger partial charge in [-0.25, -0.2) is 8.42 Å². The molecule has 0 aromatic heterocycles. The lowest BCUT2D eigenvalue weighted by molar-refractivity contribution is -0.136. The van der Waals surface area contributed by atoms with Crippen molar-refractivity contribution in [2.75, 3.05) is 10.5 Å². The van der Waals surface area contributed by atoms with Crippen LogP contribution < -0.4 is 4.72 Å². The van der Waals surface area contributed by atoms with E-state index in [1.807, 2.05) is 0 Å². The van der Waals surface area contributed by atoms with Gasteiger partial charge in [-0.3, -0.25) is 9.52 Å². The van der Waals surface area contributed by atoms with Crippen molar-refractivity contribution in [2.24, 2.45) is 0 Å². The molecule has 0 aliphatic rings. The molecular weight excluding hydrogens is 311 g/mol. The number of halogens is 3. The first-order chi connectivity index (χ1) is 9.59. The van der Waals surface area contributed by atoms with E-state index in [1.54, 1.807) is 6.07 Å². The van der Waals surface area contributed by atoms with Gasteiger partial charge in [-0.2, -0.15) is 13.2 Å². The van der Waals surface area contributed by atoms with Gasteiger partial charge in [0, 0.05) is 6.42 Å². The summed E-state index contributed by atoms with van der Waals surface area (Å²) in [6.45, 7) is 0. The zero-order valence-corrected chi connectivity index (χ0v) is 11.7. The van der Waals surface area contributed by atoms with Crippen molar-refractivity contribution in [1.29, 1.82) is 0 Å². The maximum Gasteiger partial charge on any atom is 0.389 e. The van der Waals surface area contributed by atoms with Gasteiger partial charge in [0.05, 0.1) is 17.9 Å². The van der Waals surface area contributed by atoms with E-state index in [9.17, 15) is 26.4 Å². The number of hydrogen-bond donors (Lipinski definition) is 2. The van der Waals surface area contributed by atoms with Crippen molar-refractivity contribution in [3.8, 4) is 0 Å². The third-order valence-corrected chi connectivity index (χ3v) is 3.85. The van der Waals surface area contributed by atoms with Crippen LogP contribution >= 0.6 is 0 Å². The quantitative estimate of drug-likeness (QED) is 0.806. The minimum atomic E-state index is -4.41. The number of rotatable bonds is 7. The molecule has 0 amide bonds. The highest BCUT2D eigenvalue weighted by Crippen LogP contribution is 2.22. The molecule has 0 saturated heterocycles. The van der Waals surface area contributed by atoms with E-state index in [0.29, 0.717) is 0 Å². The zero-order valence-electron chi connectivity index (χ0n) is 10.9. The zero-order chi connectivity index (χ0) is 16.1. The average molecular weight is 325 g/mol. The molecule has 9 heteroatoms. The Hall–Kier alpha value is -1.77. The van der Waals surface area contributed by atoms with Gasteiger partial charge in [-0.15, -0.1) is 0 Å². The SMILES string of the molecule is O=C(O)Cc1ccccc1NS(=O)(=O)CCCC(F)(F)F. The number of carboxylic acid groups (broad SMARTS) is 1. The maximum atomic E-state index is 12.0. The molecule has 0 atom stereocenters. The normalized spacial score (nSPS) is 12.1. The van der Waals surface area contributed by atoms with Crippen molar-refractivity contribution < 1.29 is 31.5 Å². The first-order valence-electron chi connectivity index (χ1n) is 5.96. The minimum absolute atomic E-state index is 0.0620. The minimum Gasteiger partial charge on any atom is -0.481 e. The van der Waals surface area contributed by atoms with Crippen molar-refractivity contribution >= 4 is 21.7 Å². The van der Waals surface area contributed by atoms with Gasteiger partial charge in [0.15, 0.2) is 0 Å². The number of sulfonamides is 1. The topological polar surface area (TPSA) is 83.5 Å². The number of nitrogens with one attached hydrogen (secondary N) is 1. The lowest BCUT2D eigenvalue weighted by Gasteiger charge is -2.12. The number of benzene rings is 1. The Kier molecular flexibility index (Phi) is 5.59. The standard InChI is InChI=1S/C12H14F3NO4S/c13-12(14,15)6-3-7-21(19,20)16-10-5-2-1-4-9(10)8-11(17)18/h1-2,4-5,16H,3,6-8H2,(H,17,18). The van der Waals surface area contributed by atoms with Crippen LogP contribution in [0.15, 0.2) is 24.3 Å². The lowest BCUT2D eigenvalue weighted by Crippen LogP contribution is -2.20. The lowest BCUT2D eigenvalue weighted by atomic mass is 10.1. The third-order valence-electron chi connectivity index (χ3n) is 2.50. The molecule has 118 valence electrons. The number of aliphatic carboxylic acids is 1. The van der Waals surface area contributed by atoms with Crippen LogP contribution in [0.2, 0.25) is 0 Å². The van der Waals surface area contributed by atoms with Crippen LogP contribution in [0.3, 0.4) is 0 Å². The summed E-state index contributed by atoms with van der Waals surface area (Å²) in [5.74, 6) is -1.83.